The number of aliphatic hydroxyl groups excluding tert-OH is 1. The molecule has 4 heteroatoms. The summed E-state index contributed by atoms with van der Waals surface area (Å²) in [4.78, 5) is 17.0. The van der Waals surface area contributed by atoms with Crippen molar-refractivity contribution in [1.29, 1.82) is 0 Å². The van der Waals surface area contributed by atoms with Gasteiger partial charge in [-0.05, 0) is 112 Å². The lowest BCUT2D eigenvalue weighted by molar-refractivity contribution is -0.0843. The van der Waals surface area contributed by atoms with Crippen LogP contribution in [0, 0.1) is 5.41 Å². The molecule has 0 amide bonds. The predicted molar refractivity (Wildman–Crippen MR) is 188 cm³/mol. The molecule has 3 aromatic carbocycles. The monoisotopic (exact) mass is 619 g/mol. The number of benzene rings is 3. The van der Waals surface area contributed by atoms with Crippen LogP contribution in [0.4, 0.5) is 0 Å². The van der Waals surface area contributed by atoms with E-state index < -0.39 is 11.7 Å². The van der Waals surface area contributed by atoms with Crippen LogP contribution in [0.15, 0.2) is 84.4 Å². The molecular formula is C42H53NO3. The van der Waals surface area contributed by atoms with Crippen LogP contribution in [0.3, 0.4) is 0 Å². The topological polar surface area (TPSA) is 60.8 Å². The van der Waals surface area contributed by atoms with E-state index in [-0.39, 0.29) is 17.1 Å². The molecule has 4 atom stereocenters. The molecule has 2 N–H and O–H groups in total. The summed E-state index contributed by atoms with van der Waals surface area (Å²) in [6.07, 6.45) is 13.6. The third-order valence-electron chi connectivity index (χ3n) is 11.6. The zero-order valence-electron chi connectivity index (χ0n) is 28.0. The van der Waals surface area contributed by atoms with Crippen molar-refractivity contribution >= 4 is 5.78 Å². The number of carbonyl (C=O) groups excluding carboxylic acids is 1. The van der Waals surface area contributed by atoms with E-state index in [2.05, 4.69) is 55.2 Å². The molecule has 1 saturated heterocycles. The van der Waals surface area contributed by atoms with Gasteiger partial charge in [0.15, 0.2) is 5.78 Å². The van der Waals surface area contributed by atoms with Gasteiger partial charge >= 0.3 is 0 Å². The first kappa shape index (κ1) is 32.9. The molecule has 1 saturated carbocycles. The lowest BCUT2D eigenvalue weighted by Gasteiger charge is -2.46. The Bertz CT molecular complexity index is 1500. The average molecular weight is 620 g/mol. The van der Waals surface area contributed by atoms with Crippen molar-refractivity contribution in [1.82, 2.24) is 4.90 Å². The van der Waals surface area contributed by atoms with Crippen LogP contribution in [-0.2, 0) is 6.42 Å². The summed E-state index contributed by atoms with van der Waals surface area (Å²) < 4.78 is 0. The number of allylic oxidation sites excluding steroid dienone is 2. The quantitative estimate of drug-likeness (QED) is 0.221. The molecule has 0 aromatic heterocycles. The van der Waals surface area contributed by atoms with Gasteiger partial charge in [-0.1, -0.05) is 105 Å². The van der Waals surface area contributed by atoms with Gasteiger partial charge in [-0.25, -0.2) is 0 Å². The molecular weight excluding hydrogens is 566 g/mol. The Labute approximate surface area is 276 Å². The molecule has 4 aliphatic rings. The second-order valence-electron chi connectivity index (χ2n) is 14.8. The van der Waals surface area contributed by atoms with Crippen molar-refractivity contribution in [2.45, 2.75) is 109 Å². The van der Waals surface area contributed by atoms with E-state index in [0.717, 1.165) is 73.0 Å². The van der Waals surface area contributed by atoms with E-state index in [0.29, 0.717) is 24.9 Å². The van der Waals surface area contributed by atoms with Gasteiger partial charge in [-0.2, -0.15) is 0 Å². The first-order chi connectivity index (χ1) is 22.3. The third kappa shape index (κ3) is 7.10. The Morgan fingerprint density at radius 3 is 2.30 bits per heavy atom. The van der Waals surface area contributed by atoms with Crippen LogP contribution in [0.25, 0.3) is 11.1 Å². The Kier molecular flexibility index (Phi) is 10.3. The van der Waals surface area contributed by atoms with Gasteiger partial charge < -0.3 is 15.1 Å². The fraction of sp³-hybridized carbons (Fsp3) is 0.500. The summed E-state index contributed by atoms with van der Waals surface area (Å²) in [5, 5.41) is 23.7. The summed E-state index contributed by atoms with van der Waals surface area (Å²) >= 11 is 0. The minimum Gasteiger partial charge on any atom is -0.393 e. The highest BCUT2D eigenvalue weighted by Crippen LogP contribution is 2.59. The number of hydrogen-bond acceptors (Lipinski definition) is 4. The molecule has 46 heavy (non-hydrogen) atoms. The maximum Gasteiger partial charge on any atom is 0.193 e. The summed E-state index contributed by atoms with van der Waals surface area (Å²) in [7, 11) is 0. The first-order valence-electron chi connectivity index (χ1n) is 17.9. The third-order valence-corrected chi connectivity index (χ3v) is 11.6. The Hall–Kier alpha value is -3.05. The molecule has 2 bridgehead atoms. The smallest absolute Gasteiger partial charge is 0.193 e. The number of rotatable bonds is 5. The predicted octanol–water partition coefficient (Wildman–Crippen LogP) is 8.89. The Balaban J connectivity index is 1.39. The molecule has 2 fully saturated rings. The van der Waals surface area contributed by atoms with Gasteiger partial charge in [0.25, 0.3) is 0 Å². The molecule has 3 aromatic rings. The zero-order chi connectivity index (χ0) is 32.1. The molecule has 3 aliphatic carbocycles. The lowest BCUT2D eigenvalue weighted by Crippen LogP contribution is -2.53. The molecule has 0 radical (unpaired) electrons. The van der Waals surface area contributed by atoms with Gasteiger partial charge in [0, 0.05) is 23.1 Å². The van der Waals surface area contributed by atoms with Gasteiger partial charge in [-0.3, -0.25) is 4.79 Å². The minimum absolute atomic E-state index is 0.0235. The number of carbonyl (C=O) groups is 1. The second kappa shape index (κ2) is 14.4. The Morgan fingerprint density at radius 1 is 0.870 bits per heavy atom. The normalized spacial score (nSPS) is 28.0. The maximum atomic E-state index is 14.5. The number of hydrogen-bond donors (Lipinski definition) is 2. The van der Waals surface area contributed by atoms with Crippen molar-refractivity contribution in [2.75, 3.05) is 19.6 Å². The SMILES string of the molecule is CC1=CCCC2(C)C(CCC2(O)CN2CCCCCCC2)c2ccc(cc2C(=O)c2ccc(-c3ccccc3)cc2)CC(O)CC1. The summed E-state index contributed by atoms with van der Waals surface area (Å²) in [5.41, 5.74) is 5.77. The molecule has 0 spiro atoms. The highest BCUT2D eigenvalue weighted by atomic mass is 16.3. The van der Waals surface area contributed by atoms with E-state index in [1.165, 1.54) is 37.7 Å². The first-order valence-corrected chi connectivity index (χ1v) is 17.9. The number of aliphatic hydroxyl groups is 2. The number of ketones is 1. The van der Waals surface area contributed by atoms with E-state index >= 15 is 0 Å². The molecule has 1 aliphatic heterocycles. The van der Waals surface area contributed by atoms with Crippen LogP contribution in [0.2, 0.25) is 0 Å². The van der Waals surface area contributed by atoms with Crippen LogP contribution in [0.1, 0.15) is 117 Å². The number of fused-ring (bicyclic) bond motifs is 8. The average Bonchev–Trinajstić information content (AvgIpc) is 3.30. The fourth-order valence-electron chi connectivity index (χ4n) is 8.64. The van der Waals surface area contributed by atoms with Crippen molar-refractivity contribution in [3.63, 3.8) is 0 Å². The summed E-state index contributed by atoms with van der Waals surface area (Å²) in [6.45, 7) is 7.30. The van der Waals surface area contributed by atoms with Crippen molar-refractivity contribution in [2.24, 2.45) is 5.41 Å². The number of β-amino-alcohol motifs (C(OH)–C–C–N with tert-alkyl or cyclic N) is 1. The van der Waals surface area contributed by atoms with Gasteiger partial charge in [0.05, 0.1) is 11.7 Å². The molecule has 1 heterocycles. The van der Waals surface area contributed by atoms with Crippen molar-refractivity contribution < 1.29 is 15.0 Å². The van der Waals surface area contributed by atoms with Gasteiger partial charge in [0.2, 0.25) is 0 Å². The van der Waals surface area contributed by atoms with E-state index in [9.17, 15) is 15.0 Å². The van der Waals surface area contributed by atoms with E-state index in [1.54, 1.807) is 0 Å². The summed E-state index contributed by atoms with van der Waals surface area (Å²) in [5.74, 6) is 0.0840. The van der Waals surface area contributed by atoms with Crippen LogP contribution >= 0.6 is 0 Å². The second-order valence-corrected chi connectivity index (χ2v) is 14.8. The Morgan fingerprint density at radius 2 is 1.57 bits per heavy atom. The van der Waals surface area contributed by atoms with Crippen LogP contribution < -0.4 is 0 Å². The fourth-order valence-corrected chi connectivity index (χ4v) is 8.64. The molecule has 7 rings (SSSR count). The molecule has 4 nitrogen and oxygen atoms in total. The van der Waals surface area contributed by atoms with E-state index in [1.807, 2.05) is 42.5 Å². The maximum absolute atomic E-state index is 14.5. The summed E-state index contributed by atoms with van der Waals surface area (Å²) in [6, 6.07) is 24.6. The van der Waals surface area contributed by atoms with Crippen LogP contribution in [0.5, 0.6) is 0 Å². The van der Waals surface area contributed by atoms with Crippen LogP contribution in [-0.4, -0.2) is 52.2 Å². The number of nitrogens with zero attached hydrogens (tertiary/aromatic N) is 1. The molecule has 4 unspecified atom stereocenters. The highest BCUT2D eigenvalue weighted by Gasteiger charge is 2.57. The lowest BCUT2D eigenvalue weighted by atomic mass is 9.64. The van der Waals surface area contributed by atoms with Gasteiger partial charge in [-0.15, -0.1) is 0 Å². The highest BCUT2D eigenvalue weighted by molar-refractivity contribution is 6.10. The van der Waals surface area contributed by atoms with Crippen molar-refractivity contribution in [3.05, 3.63) is 107 Å². The number of likely N-dealkylation sites (tertiary alicyclic amines) is 1. The minimum atomic E-state index is -0.831. The largest absolute Gasteiger partial charge is 0.393 e. The van der Waals surface area contributed by atoms with Crippen molar-refractivity contribution in [3.8, 4) is 11.1 Å². The molecule has 244 valence electrons. The zero-order valence-corrected chi connectivity index (χ0v) is 28.0. The van der Waals surface area contributed by atoms with E-state index in [4.69, 9.17) is 0 Å². The van der Waals surface area contributed by atoms with Gasteiger partial charge in [0.1, 0.15) is 0 Å². The standard InChI is InChI=1S/C42H53NO3/c1-31-12-11-24-41(2)39(23-25-42(41,46)30-43-26-9-4-3-5-10-27-43)37-22-16-32(28-36(44)21-15-31)29-38(37)40(45)35-19-17-34(18-20-35)33-13-7-6-8-14-33/h6-8,12-14,16-20,22,29,36,39,44,46H,3-5,9-11,15,21,23-28,30H2,1-2H3.